The van der Waals surface area contributed by atoms with Crippen molar-refractivity contribution < 1.29 is 0 Å². The molecule has 0 saturated carbocycles. The van der Waals surface area contributed by atoms with Crippen LogP contribution in [-0.2, 0) is 0 Å². The van der Waals surface area contributed by atoms with Gasteiger partial charge in [0.2, 0.25) is 5.13 Å². The molecule has 2 rings (SSSR count). The van der Waals surface area contributed by atoms with Crippen LogP contribution in [0.2, 0.25) is 0 Å². The van der Waals surface area contributed by atoms with Gasteiger partial charge in [-0.25, -0.2) is 0 Å². The molecule has 0 aliphatic carbocycles. The maximum absolute atomic E-state index is 4.43. The molecule has 1 aromatic heterocycles. The molecule has 0 bridgehead atoms. The molecule has 0 spiro atoms. The Labute approximate surface area is 107 Å². The molecule has 0 aliphatic rings. The van der Waals surface area contributed by atoms with Crippen molar-refractivity contribution in [3.8, 4) is 11.4 Å². The minimum absolute atomic E-state index is 0.788. The second-order valence-corrected chi connectivity index (χ2v) is 5.02. The van der Waals surface area contributed by atoms with Crippen molar-refractivity contribution in [2.45, 2.75) is 13.3 Å². The van der Waals surface area contributed by atoms with Crippen LogP contribution < -0.4 is 5.32 Å². The van der Waals surface area contributed by atoms with Crippen LogP contribution in [0.3, 0.4) is 0 Å². The second kappa shape index (κ2) is 5.41. The van der Waals surface area contributed by atoms with Crippen molar-refractivity contribution in [3.63, 3.8) is 0 Å². The lowest BCUT2D eigenvalue weighted by Gasteiger charge is -1.97. The summed E-state index contributed by atoms with van der Waals surface area (Å²) in [6, 6.07) is 8.01. The molecular formula is C11H12BrN3S. The van der Waals surface area contributed by atoms with E-state index in [-0.39, 0.29) is 0 Å². The summed E-state index contributed by atoms with van der Waals surface area (Å²) in [6.45, 7) is 3.07. The molecule has 0 unspecified atom stereocenters. The van der Waals surface area contributed by atoms with Crippen LogP contribution in [0.1, 0.15) is 13.3 Å². The van der Waals surface area contributed by atoms with Gasteiger partial charge in [-0.05, 0) is 18.6 Å². The van der Waals surface area contributed by atoms with E-state index in [9.17, 15) is 0 Å². The highest BCUT2D eigenvalue weighted by atomic mass is 79.9. The predicted octanol–water partition coefficient (Wildman–Crippen LogP) is 3.79. The molecule has 0 amide bonds. The van der Waals surface area contributed by atoms with Crippen LogP contribution in [0.5, 0.6) is 0 Å². The van der Waals surface area contributed by atoms with Crippen molar-refractivity contribution in [2.24, 2.45) is 0 Å². The molecule has 5 heteroatoms. The highest BCUT2D eigenvalue weighted by molar-refractivity contribution is 9.10. The number of rotatable bonds is 4. The molecular weight excluding hydrogens is 286 g/mol. The van der Waals surface area contributed by atoms with E-state index in [0.717, 1.165) is 34.0 Å². The highest BCUT2D eigenvalue weighted by Gasteiger charge is 2.05. The van der Waals surface area contributed by atoms with E-state index >= 15 is 0 Å². The van der Waals surface area contributed by atoms with Crippen molar-refractivity contribution in [1.29, 1.82) is 0 Å². The zero-order valence-electron chi connectivity index (χ0n) is 8.90. The Morgan fingerprint density at radius 2 is 2.06 bits per heavy atom. The normalized spacial score (nSPS) is 10.4. The van der Waals surface area contributed by atoms with E-state index in [4.69, 9.17) is 0 Å². The average Bonchev–Trinajstić information content (AvgIpc) is 2.76. The van der Waals surface area contributed by atoms with Gasteiger partial charge < -0.3 is 5.32 Å². The number of hydrogen-bond acceptors (Lipinski definition) is 4. The fourth-order valence-electron chi connectivity index (χ4n) is 1.24. The van der Waals surface area contributed by atoms with Crippen LogP contribution in [0.15, 0.2) is 28.7 Å². The van der Waals surface area contributed by atoms with Crippen molar-refractivity contribution in [3.05, 3.63) is 28.7 Å². The van der Waals surface area contributed by atoms with Crippen LogP contribution >= 0.6 is 27.5 Å². The largest absolute Gasteiger partial charge is 0.360 e. The molecule has 2 aromatic rings. The van der Waals surface area contributed by atoms with Crippen LogP contribution in [0, 0.1) is 0 Å². The lowest BCUT2D eigenvalue weighted by atomic mass is 10.2. The van der Waals surface area contributed by atoms with Crippen LogP contribution in [0.4, 0.5) is 5.13 Å². The Kier molecular flexibility index (Phi) is 3.90. The van der Waals surface area contributed by atoms with Crippen molar-refractivity contribution >= 4 is 32.6 Å². The van der Waals surface area contributed by atoms with Gasteiger partial charge in [0.15, 0.2) is 5.82 Å². The first-order valence-corrected chi connectivity index (χ1v) is 6.69. The monoisotopic (exact) mass is 297 g/mol. The molecule has 1 N–H and O–H groups in total. The number of halogens is 1. The number of anilines is 1. The smallest absolute Gasteiger partial charge is 0.202 e. The summed E-state index contributed by atoms with van der Waals surface area (Å²) in [7, 11) is 0. The fraction of sp³-hybridized carbons (Fsp3) is 0.273. The Morgan fingerprint density at radius 3 is 2.75 bits per heavy atom. The number of nitrogens with zero attached hydrogens (tertiary/aromatic N) is 2. The minimum Gasteiger partial charge on any atom is -0.360 e. The van der Waals surface area contributed by atoms with Gasteiger partial charge in [0.1, 0.15) is 0 Å². The Bertz CT molecular complexity index is 453. The first-order valence-electron chi connectivity index (χ1n) is 5.13. The number of aromatic nitrogens is 2. The lowest BCUT2D eigenvalue weighted by Crippen LogP contribution is -1.98. The molecule has 1 aromatic carbocycles. The van der Waals surface area contributed by atoms with Gasteiger partial charge in [-0.15, -0.1) is 0 Å². The van der Waals surface area contributed by atoms with Gasteiger partial charge in [-0.3, -0.25) is 0 Å². The number of nitrogens with one attached hydrogen (secondary N) is 1. The molecule has 0 saturated heterocycles. The number of hydrogen-bond donors (Lipinski definition) is 1. The third kappa shape index (κ3) is 2.80. The first kappa shape index (κ1) is 11.5. The van der Waals surface area contributed by atoms with Gasteiger partial charge >= 0.3 is 0 Å². The van der Waals surface area contributed by atoms with E-state index in [0.29, 0.717) is 0 Å². The Balaban J connectivity index is 2.15. The summed E-state index contributed by atoms with van der Waals surface area (Å²) in [5.74, 6) is 0.788. The predicted molar refractivity (Wildman–Crippen MR) is 71.8 cm³/mol. The van der Waals surface area contributed by atoms with E-state index < -0.39 is 0 Å². The van der Waals surface area contributed by atoms with E-state index in [1.54, 1.807) is 0 Å². The summed E-state index contributed by atoms with van der Waals surface area (Å²) in [5, 5.41) is 4.12. The van der Waals surface area contributed by atoms with Crippen LogP contribution in [-0.4, -0.2) is 15.9 Å². The third-order valence-electron chi connectivity index (χ3n) is 2.05. The summed E-state index contributed by atoms with van der Waals surface area (Å²) in [4.78, 5) is 4.43. The molecule has 0 fully saturated rings. The molecule has 0 aliphatic heterocycles. The summed E-state index contributed by atoms with van der Waals surface area (Å²) in [6.07, 6.45) is 1.09. The molecule has 0 atom stereocenters. The zero-order chi connectivity index (χ0) is 11.4. The molecule has 84 valence electrons. The van der Waals surface area contributed by atoms with Gasteiger partial charge in [0.05, 0.1) is 0 Å². The summed E-state index contributed by atoms with van der Waals surface area (Å²) >= 11 is 4.81. The topological polar surface area (TPSA) is 37.8 Å². The maximum Gasteiger partial charge on any atom is 0.202 e. The summed E-state index contributed by atoms with van der Waals surface area (Å²) in [5.41, 5.74) is 1.05. The van der Waals surface area contributed by atoms with Gasteiger partial charge in [-0.1, -0.05) is 35.0 Å². The Hall–Kier alpha value is -0.940. The molecule has 16 heavy (non-hydrogen) atoms. The quantitative estimate of drug-likeness (QED) is 0.933. The third-order valence-corrected chi connectivity index (χ3v) is 3.26. The van der Waals surface area contributed by atoms with Gasteiger partial charge in [0.25, 0.3) is 0 Å². The lowest BCUT2D eigenvalue weighted by molar-refractivity contribution is 0.976. The maximum atomic E-state index is 4.43. The highest BCUT2D eigenvalue weighted by Crippen LogP contribution is 2.22. The van der Waals surface area contributed by atoms with Crippen molar-refractivity contribution in [1.82, 2.24) is 9.36 Å². The van der Waals surface area contributed by atoms with Crippen LogP contribution in [0.25, 0.3) is 11.4 Å². The molecule has 0 radical (unpaired) electrons. The van der Waals surface area contributed by atoms with Gasteiger partial charge in [-0.2, -0.15) is 9.36 Å². The summed E-state index contributed by atoms with van der Waals surface area (Å²) < 4.78 is 5.39. The minimum atomic E-state index is 0.788. The fourth-order valence-corrected chi connectivity index (χ4v) is 2.12. The van der Waals surface area contributed by atoms with E-state index in [1.807, 2.05) is 24.3 Å². The average molecular weight is 298 g/mol. The zero-order valence-corrected chi connectivity index (χ0v) is 11.3. The van der Waals surface area contributed by atoms with E-state index in [1.165, 1.54) is 11.5 Å². The SMILES string of the molecule is CCCNc1nc(-c2ccc(Br)cc2)ns1. The van der Waals surface area contributed by atoms with E-state index in [2.05, 4.69) is 37.5 Å². The Morgan fingerprint density at radius 1 is 1.31 bits per heavy atom. The van der Waals surface area contributed by atoms with Crippen molar-refractivity contribution in [2.75, 3.05) is 11.9 Å². The second-order valence-electron chi connectivity index (χ2n) is 3.36. The standard InChI is InChI=1S/C11H12BrN3S/c1-2-7-13-11-14-10(15-16-11)8-3-5-9(12)6-4-8/h3-6H,2,7H2,1H3,(H,13,14,15). The molecule has 1 heterocycles. The van der Waals surface area contributed by atoms with Gasteiger partial charge in [0, 0.05) is 28.1 Å². The number of benzene rings is 1. The molecule has 3 nitrogen and oxygen atoms in total. The first-order chi connectivity index (χ1) is 7.79.